The van der Waals surface area contributed by atoms with Crippen molar-refractivity contribution in [2.45, 2.75) is 115 Å². The van der Waals surface area contributed by atoms with E-state index in [2.05, 4.69) is 0 Å². The Morgan fingerprint density at radius 3 is 2.62 bits per heavy atom. The van der Waals surface area contributed by atoms with Crippen LogP contribution in [0.1, 0.15) is 96.0 Å². The van der Waals surface area contributed by atoms with Gasteiger partial charge in [-0.25, -0.2) is 0 Å². The number of Topliss-reactive ketones (excluding diaryl/α,β-unsaturated/α-hetero) is 2. The highest BCUT2D eigenvalue weighted by atomic mass is 19.3. The number of ether oxygens (including phenoxy) is 3. The van der Waals surface area contributed by atoms with Gasteiger partial charge in [0, 0.05) is 38.2 Å². The Bertz CT molecular complexity index is 957. The van der Waals surface area contributed by atoms with Gasteiger partial charge in [-0.2, -0.15) is 8.78 Å². The van der Waals surface area contributed by atoms with Crippen molar-refractivity contribution >= 4 is 17.5 Å². The molecule has 6 nitrogen and oxygen atoms in total. The van der Waals surface area contributed by atoms with E-state index in [0.29, 0.717) is 45.1 Å². The highest BCUT2D eigenvalue weighted by Gasteiger charge is 2.45. The topological polar surface area (TPSA) is 78.9 Å². The van der Waals surface area contributed by atoms with E-state index in [4.69, 9.17) is 14.2 Å². The predicted molar refractivity (Wildman–Crippen MR) is 148 cm³/mol. The predicted octanol–water partition coefficient (Wildman–Crippen LogP) is 7.14. The minimum atomic E-state index is -3.33. The minimum absolute atomic E-state index is 0.0325. The molecule has 4 atom stereocenters. The molecule has 2 fully saturated rings. The third-order valence-corrected chi connectivity index (χ3v) is 7.78. The lowest BCUT2D eigenvalue weighted by molar-refractivity contribution is -0.196. The van der Waals surface area contributed by atoms with Crippen molar-refractivity contribution in [3.05, 3.63) is 48.0 Å². The zero-order valence-electron chi connectivity index (χ0n) is 23.7. The van der Waals surface area contributed by atoms with Crippen LogP contribution in [0.25, 0.3) is 0 Å². The molecule has 0 radical (unpaired) electrons. The lowest BCUT2D eigenvalue weighted by Gasteiger charge is -2.30. The molecule has 0 bridgehead atoms. The molecule has 3 rings (SSSR count). The largest absolute Gasteiger partial charge is 0.461 e. The molecule has 1 heterocycles. The summed E-state index contributed by atoms with van der Waals surface area (Å²) in [5.74, 6) is -5.32. The lowest BCUT2D eigenvalue weighted by atomic mass is 9.86. The molecule has 222 valence electrons. The van der Waals surface area contributed by atoms with Gasteiger partial charge in [-0.15, -0.1) is 0 Å². The molecule has 1 aromatic rings. The van der Waals surface area contributed by atoms with Crippen molar-refractivity contribution in [2.24, 2.45) is 11.8 Å². The number of alkyl halides is 2. The van der Waals surface area contributed by atoms with E-state index in [1.165, 1.54) is 0 Å². The van der Waals surface area contributed by atoms with Gasteiger partial charge in [0.05, 0.1) is 6.10 Å². The SMILES string of the molecule is CCCCC(F)(F)C(=O)CC[C@H]1[C@H](OC2CCCCO2)CC(=O)[C@@H]1C/C=C\CCCC(=O)OCc1ccccc1. The maximum absolute atomic E-state index is 14.3. The van der Waals surface area contributed by atoms with E-state index in [0.717, 1.165) is 24.8 Å². The number of esters is 1. The Morgan fingerprint density at radius 1 is 1.10 bits per heavy atom. The summed E-state index contributed by atoms with van der Waals surface area (Å²) in [4.78, 5) is 37.3. The van der Waals surface area contributed by atoms with Gasteiger partial charge >= 0.3 is 11.9 Å². The molecule has 1 aliphatic carbocycles. The maximum Gasteiger partial charge on any atom is 0.306 e. The van der Waals surface area contributed by atoms with Gasteiger partial charge in [0.1, 0.15) is 12.4 Å². The number of benzene rings is 1. The van der Waals surface area contributed by atoms with Gasteiger partial charge in [-0.05, 0) is 62.8 Å². The Kier molecular flexibility index (Phi) is 13.4. The molecule has 0 amide bonds. The molecule has 0 aromatic heterocycles. The van der Waals surface area contributed by atoms with Crippen LogP contribution in [0.5, 0.6) is 0 Å². The van der Waals surface area contributed by atoms with E-state index >= 15 is 0 Å². The standard InChI is InChI=1S/C32H44F2O6/c1-2-3-20-32(33,34)29(36)19-18-26-25(27(35)22-28(26)40-31-17-11-12-21-38-31)15-9-4-5-10-16-30(37)39-23-24-13-7-6-8-14-24/h4,6-9,13-14,25-26,28,31H,2-3,5,10-12,15-23H2,1H3/b9-4-/t25-,26-,28-,31?/m1/s1. The number of carbonyl (C=O) groups is 3. The van der Waals surface area contributed by atoms with E-state index in [1.54, 1.807) is 0 Å². The molecule has 1 unspecified atom stereocenters. The smallest absolute Gasteiger partial charge is 0.306 e. The molecule has 0 N–H and O–H groups in total. The fourth-order valence-electron chi connectivity index (χ4n) is 5.41. The zero-order valence-corrected chi connectivity index (χ0v) is 23.7. The van der Waals surface area contributed by atoms with E-state index < -0.39 is 36.4 Å². The number of unbranched alkanes of at least 4 members (excludes halogenated alkanes) is 2. The van der Waals surface area contributed by atoms with Crippen LogP contribution in [0.4, 0.5) is 8.78 Å². The van der Waals surface area contributed by atoms with Gasteiger partial charge in [0.25, 0.3) is 0 Å². The van der Waals surface area contributed by atoms with Crippen LogP contribution in [0.2, 0.25) is 0 Å². The number of halogens is 2. The summed E-state index contributed by atoms with van der Waals surface area (Å²) in [6.45, 7) is 2.67. The van der Waals surface area contributed by atoms with Crippen molar-refractivity contribution in [1.29, 1.82) is 0 Å². The van der Waals surface area contributed by atoms with Crippen molar-refractivity contribution in [3.8, 4) is 0 Å². The highest BCUT2D eigenvalue weighted by Crippen LogP contribution is 2.39. The minimum Gasteiger partial charge on any atom is -0.461 e. The Labute approximate surface area is 236 Å². The second kappa shape index (κ2) is 16.7. The van der Waals surface area contributed by atoms with Crippen LogP contribution in [-0.2, 0) is 35.2 Å². The number of rotatable bonds is 17. The Balaban J connectivity index is 1.49. The Hall–Kier alpha value is -2.45. The van der Waals surface area contributed by atoms with Crippen LogP contribution in [0, 0.1) is 11.8 Å². The van der Waals surface area contributed by atoms with Crippen LogP contribution in [0.3, 0.4) is 0 Å². The summed E-state index contributed by atoms with van der Waals surface area (Å²) in [6, 6.07) is 9.50. The number of hydrogen-bond donors (Lipinski definition) is 0. The summed E-state index contributed by atoms with van der Waals surface area (Å²) in [5.41, 5.74) is 0.940. The van der Waals surface area contributed by atoms with E-state index in [9.17, 15) is 23.2 Å². The van der Waals surface area contributed by atoms with E-state index in [1.807, 2.05) is 49.4 Å². The Morgan fingerprint density at radius 2 is 1.90 bits per heavy atom. The first-order chi connectivity index (χ1) is 19.3. The number of hydrogen-bond acceptors (Lipinski definition) is 6. The van der Waals surface area contributed by atoms with Gasteiger partial charge in [0.15, 0.2) is 6.29 Å². The second-order valence-corrected chi connectivity index (χ2v) is 10.9. The summed E-state index contributed by atoms with van der Waals surface area (Å²) < 4.78 is 45.8. The highest BCUT2D eigenvalue weighted by molar-refractivity contribution is 5.86. The fraction of sp³-hybridized carbons (Fsp3) is 0.656. The molecule has 1 aromatic carbocycles. The van der Waals surface area contributed by atoms with E-state index in [-0.39, 0.29) is 43.5 Å². The summed E-state index contributed by atoms with van der Waals surface area (Å²) in [6.07, 6.45) is 8.32. The normalized spacial score (nSPS) is 23.5. The first-order valence-corrected chi connectivity index (χ1v) is 14.9. The van der Waals surface area contributed by atoms with Gasteiger partial charge in [-0.1, -0.05) is 55.8 Å². The van der Waals surface area contributed by atoms with Gasteiger partial charge in [0.2, 0.25) is 5.78 Å². The molecular formula is C32H44F2O6. The summed E-state index contributed by atoms with van der Waals surface area (Å²) >= 11 is 0. The number of allylic oxidation sites excluding steroid dienone is 2. The van der Waals surface area contributed by atoms with Crippen molar-refractivity contribution in [3.63, 3.8) is 0 Å². The lowest BCUT2D eigenvalue weighted by Crippen LogP contribution is -2.33. The van der Waals surface area contributed by atoms with Crippen LogP contribution >= 0.6 is 0 Å². The molecule has 1 aliphatic heterocycles. The van der Waals surface area contributed by atoms with Crippen molar-refractivity contribution in [2.75, 3.05) is 6.61 Å². The molecule has 2 aliphatic rings. The molecule has 1 saturated carbocycles. The number of ketones is 2. The average Bonchev–Trinajstić information content (AvgIpc) is 3.25. The van der Waals surface area contributed by atoms with Gasteiger partial charge in [-0.3, -0.25) is 14.4 Å². The maximum atomic E-state index is 14.3. The zero-order chi connectivity index (χ0) is 28.8. The molecule has 40 heavy (non-hydrogen) atoms. The fourth-order valence-corrected chi connectivity index (χ4v) is 5.41. The third kappa shape index (κ3) is 10.5. The molecule has 8 heteroatoms. The van der Waals surface area contributed by atoms with Crippen molar-refractivity contribution in [1.82, 2.24) is 0 Å². The van der Waals surface area contributed by atoms with Gasteiger partial charge < -0.3 is 14.2 Å². The summed E-state index contributed by atoms with van der Waals surface area (Å²) in [5, 5.41) is 0. The third-order valence-electron chi connectivity index (χ3n) is 7.78. The summed E-state index contributed by atoms with van der Waals surface area (Å²) in [7, 11) is 0. The molecule has 1 saturated heterocycles. The number of carbonyl (C=O) groups excluding carboxylic acids is 3. The quantitative estimate of drug-likeness (QED) is 0.114. The first kappa shape index (κ1) is 32.1. The first-order valence-electron chi connectivity index (χ1n) is 14.9. The molecular weight excluding hydrogens is 518 g/mol. The van der Waals surface area contributed by atoms with Crippen LogP contribution < -0.4 is 0 Å². The average molecular weight is 563 g/mol. The monoisotopic (exact) mass is 562 g/mol. The van der Waals surface area contributed by atoms with Crippen LogP contribution in [0.15, 0.2) is 42.5 Å². The van der Waals surface area contributed by atoms with Crippen molar-refractivity contribution < 1.29 is 37.4 Å². The molecule has 0 spiro atoms. The van der Waals surface area contributed by atoms with Crippen LogP contribution in [-0.4, -0.2) is 42.5 Å². The second-order valence-electron chi connectivity index (χ2n) is 10.9.